The number of hydrogen-bond acceptors (Lipinski definition) is 7. The van der Waals surface area contributed by atoms with Gasteiger partial charge in [-0.2, -0.15) is 0 Å². The van der Waals surface area contributed by atoms with Gasteiger partial charge in [0, 0.05) is 18.2 Å². The molecular formula is C22H21N3O4. The van der Waals surface area contributed by atoms with Crippen molar-refractivity contribution in [1.82, 2.24) is 9.97 Å². The molecule has 0 bridgehead atoms. The number of nitrogens with zero attached hydrogens (tertiary/aromatic N) is 2. The van der Waals surface area contributed by atoms with E-state index < -0.39 is 0 Å². The molecule has 29 heavy (non-hydrogen) atoms. The molecule has 1 unspecified atom stereocenters. The largest absolute Gasteiger partial charge is 0.485 e. The third-order valence-electron chi connectivity index (χ3n) is 4.94. The summed E-state index contributed by atoms with van der Waals surface area (Å²) in [6.07, 6.45) is 4.19. The fraction of sp³-hybridized carbons (Fsp3) is 0.273. The average Bonchev–Trinajstić information content (AvgIpc) is 3.27. The van der Waals surface area contributed by atoms with Crippen LogP contribution in [-0.2, 0) is 4.74 Å². The third-order valence-corrected chi connectivity index (χ3v) is 4.94. The number of fused-ring (bicyclic) bond motifs is 3. The van der Waals surface area contributed by atoms with Crippen LogP contribution in [0, 0.1) is 0 Å². The van der Waals surface area contributed by atoms with Gasteiger partial charge in [0.25, 0.3) is 0 Å². The molecule has 1 aromatic heterocycles. The molecule has 5 rings (SSSR count). The van der Waals surface area contributed by atoms with Crippen molar-refractivity contribution >= 4 is 28.5 Å². The molecule has 1 fully saturated rings. The standard InChI is InChI=1S/C22H21N3O4/c1-2-14-4-3-5-15(10-14)25-22-19-17(23-13-24-22)11-18(29-16-6-7-26-12-16)20-21(19)28-9-8-27-20/h2-5,10-11,13,16H,1,6-9,12H2,(H,23,24,25). The van der Waals surface area contributed by atoms with Crippen LogP contribution in [0.3, 0.4) is 0 Å². The normalized spacial score (nSPS) is 17.9. The highest BCUT2D eigenvalue weighted by atomic mass is 16.6. The van der Waals surface area contributed by atoms with Gasteiger partial charge in [-0.05, 0) is 17.7 Å². The highest BCUT2D eigenvalue weighted by Gasteiger charge is 2.27. The summed E-state index contributed by atoms with van der Waals surface area (Å²) in [7, 11) is 0. The van der Waals surface area contributed by atoms with Gasteiger partial charge in [-0.1, -0.05) is 24.8 Å². The van der Waals surface area contributed by atoms with Crippen LogP contribution in [0.15, 0.2) is 43.2 Å². The van der Waals surface area contributed by atoms with E-state index in [1.54, 1.807) is 6.08 Å². The van der Waals surface area contributed by atoms with E-state index >= 15 is 0 Å². The minimum Gasteiger partial charge on any atom is -0.485 e. The van der Waals surface area contributed by atoms with Crippen molar-refractivity contribution in [1.29, 1.82) is 0 Å². The van der Waals surface area contributed by atoms with Crippen molar-refractivity contribution in [2.24, 2.45) is 0 Å². The molecule has 7 nitrogen and oxygen atoms in total. The Kier molecular flexibility index (Phi) is 4.65. The van der Waals surface area contributed by atoms with Gasteiger partial charge in [-0.3, -0.25) is 0 Å². The minimum atomic E-state index is 0.00292. The molecule has 7 heteroatoms. The monoisotopic (exact) mass is 391 g/mol. The fourth-order valence-corrected chi connectivity index (χ4v) is 3.56. The van der Waals surface area contributed by atoms with Gasteiger partial charge in [0.2, 0.25) is 5.75 Å². The first-order valence-corrected chi connectivity index (χ1v) is 9.63. The van der Waals surface area contributed by atoms with Crippen molar-refractivity contribution in [2.75, 3.05) is 31.7 Å². The summed E-state index contributed by atoms with van der Waals surface area (Å²) >= 11 is 0. The van der Waals surface area contributed by atoms with E-state index in [1.165, 1.54) is 6.33 Å². The molecule has 0 spiro atoms. The molecule has 0 saturated carbocycles. The second-order valence-corrected chi connectivity index (χ2v) is 6.90. The molecule has 0 amide bonds. The van der Waals surface area contributed by atoms with Gasteiger partial charge in [-0.25, -0.2) is 9.97 Å². The highest BCUT2D eigenvalue weighted by molar-refractivity contribution is 5.99. The lowest BCUT2D eigenvalue weighted by molar-refractivity contribution is 0.128. The van der Waals surface area contributed by atoms with Gasteiger partial charge in [-0.15, -0.1) is 0 Å². The summed E-state index contributed by atoms with van der Waals surface area (Å²) in [6.45, 7) is 6.03. The molecule has 3 heterocycles. The van der Waals surface area contributed by atoms with Gasteiger partial charge < -0.3 is 24.3 Å². The maximum atomic E-state index is 6.15. The van der Waals surface area contributed by atoms with Crippen LogP contribution < -0.4 is 19.5 Å². The summed E-state index contributed by atoms with van der Waals surface area (Å²) in [5.74, 6) is 2.47. The molecule has 2 aliphatic rings. The Morgan fingerprint density at radius 1 is 1.10 bits per heavy atom. The summed E-state index contributed by atoms with van der Waals surface area (Å²) in [6, 6.07) is 9.82. The zero-order valence-corrected chi connectivity index (χ0v) is 15.9. The molecule has 0 aliphatic carbocycles. The van der Waals surface area contributed by atoms with Crippen LogP contribution in [0.4, 0.5) is 11.5 Å². The summed E-state index contributed by atoms with van der Waals surface area (Å²) in [4.78, 5) is 8.90. The van der Waals surface area contributed by atoms with Crippen LogP contribution in [0.25, 0.3) is 17.0 Å². The molecule has 1 saturated heterocycles. The summed E-state index contributed by atoms with van der Waals surface area (Å²) < 4.78 is 23.5. The first-order chi connectivity index (χ1) is 14.3. The van der Waals surface area contributed by atoms with Crippen molar-refractivity contribution in [2.45, 2.75) is 12.5 Å². The maximum absolute atomic E-state index is 6.15. The van der Waals surface area contributed by atoms with Gasteiger partial charge in [0.15, 0.2) is 11.5 Å². The summed E-state index contributed by atoms with van der Waals surface area (Å²) in [5.41, 5.74) is 2.64. The Labute approximate surface area is 168 Å². The first kappa shape index (κ1) is 17.8. The van der Waals surface area contributed by atoms with E-state index in [4.69, 9.17) is 18.9 Å². The van der Waals surface area contributed by atoms with Crippen LogP contribution >= 0.6 is 0 Å². The van der Waals surface area contributed by atoms with E-state index in [9.17, 15) is 0 Å². The second kappa shape index (κ2) is 7.60. The van der Waals surface area contributed by atoms with E-state index in [0.29, 0.717) is 49.5 Å². The fourth-order valence-electron chi connectivity index (χ4n) is 3.56. The Hall–Kier alpha value is -3.32. The number of ether oxygens (including phenoxy) is 4. The highest BCUT2D eigenvalue weighted by Crippen LogP contribution is 2.47. The molecular weight excluding hydrogens is 370 g/mol. The number of rotatable bonds is 5. The topological polar surface area (TPSA) is 74.7 Å². The predicted molar refractivity (Wildman–Crippen MR) is 110 cm³/mol. The number of hydrogen-bond donors (Lipinski definition) is 1. The van der Waals surface area contributed by atoms with Gasteiger partial charge in [0.05, 0.1) is 24.1 Å². The Balaban J connectivity index is 1.59. The zero-order valence-electron chi connectivity index (χ0n) is 15.9. The molecule has 1 atom stereocenters. The van der Waals surface area contributed by atoms with E-state index in [-0.39, 0.29) is 6.10 Å². The third kappa shape index (κ3) is 3.45. The minimum absolute atomic E-state index is 0.00292. The maximum Gasteiger partial charge on any atom is 0.204 e. The van der Waals surface area contributed by atoms with Crippen LogP contribution in [0.1, 0.15) is 12.0 Å². The number of aromatic nitrogens is 2. The lowest BCUT2D eigenvalue weighted by atomic mass is 10.1. The lowest BCUT2D eigenvalue weighted by Crippen LogP contribution is -2.20. The van der Waals surface area contributed by atoms with E-state index in [2.05, 4.69) is 21.9 Å². The molecule has 0 radical (unpaired) electrons. The zero-order chi connectivity index (χ0) is 19.6. The number of anilines is 2. The number of nitrogens with one attached hydrogen (secondary N) is 1. The van der Waals surface area contributed by atoms with Gasteiger partial charge >= 0.3 is 0 Å². The second-order valence-electron chi connectivity index (χ2n) is 6.90. The predicted octanol–water partition coefficient (Wildman–Crippen LogP) is 3.96. The Morgan fingerprint density at radius 2 is 2.00 bits per heavy atom. The Morgan fingerprint density at radius 3 is 2.83 bits per heavy atom. The van der Waals surface area contributed by atoms with E-state index in [1.807, 2.05) is 30.3 Å². The van der Waals surface area contributed by atoms with Crippen LogP contribution in [0.5, 0.6) is 17.2 Å². The lowest BCUT2D eigenvalue weighted by Gasteiger charge is -2.24. The van der Waals surface area contributed by atoms with Crippen molar-refractivity contribution in [3.8, 4) is 17.2 Å². The Bertz CT molecular complexity index is 1060. The van der Waals surface area contributed by atoms with Crippen LogP contribution in [-0.4, -0.2) is 42.5 Å². The molecule has 2 aliphatic heterocycles. The molecule has 2 aromatic carbocycles. The van der Waals surface area contributed by atoms with Gasteiger partial charge in [0.1, 0.15) is 31.5 Å². The molecule has 3 aromatic rings. The van der Waals surface area contributed by atoms with Crippen LogP contribution in [0.2, 0.25) is 0 Å². The van der Waals surface area contributed by atoms with E-state index in [0.717, 1.165) is 28.6 Å². The average molecular weight is 391 g/mol. The molecule has 148 valence electrons. The van der Waals surface area contributed by atoms with Crippen molar-refractivity contribution in [3.05, 3.63) is 48.8 Å². The smallest absolute Gasteiger partial charge is 0.204 e. The first-order valence-electron chi connectivity index (χ1n) is 9.63. The van der Waals surface area contributed by atoms with Crippen molar-refractivity contribution < 1.29 is 18.9 Å². The number of benzene rings is 2. The molecule has 1 N–H and O–H groups in total. The SMILES string of the molecule is C=Cc1cccc(Nc2ncnc3cc(OC4CCOC4)c4c(c23)OCCO4)c1. The summed E-state index contributed by atoms with van der Waals surface area (Å²) in [5, 5.41) is 4.13. The van der Waals surface area contributed by atoms with Crippen molar-refractivity contribution in [3.63, 3.8) is 0 Å². The quantitative estimate of drug-likeness (QED) is 0.706.